The first-order valence-electron chi connectivity index (χ1n) is 10.5. The summed E-state index contributed by atoms with van der Waals surface area (Å²) in [6.07, 6.45) is 5.16. The van der Waals surface area contributed by atoms with Gasteiger partial charge in [-0.15, -0.1) is 0 Å². The van der Waals surface area contributed by atoms with Gasteiger partial charge in [0.25, 0.3) is 11.6 Å². The summed E-state index contributed by atoms with van der Waals surface area (Å²) in [7, 11) is 0. The third-order valence-corrected chi connectivity index (χ3v) is 6.14. The van der Waals surface area contributed by atoms with Crippen molar-refractivity contribution in [2.45, 2.75) is 32.1 Å². The lowest BCUT2D eigenvalue weighted by molar-refractivity contribution is -0.384. The Morgan fingerprint density at radius 3 is 2.34 bits per heavy atom. The molecule has 0 aliphatic carbocycles. The van der Waals surface area contributed by atoms with Crippen molar-refractivity contribution >= 4 is 17.3 Å². The van der Waals surface area contributed by atoms with E-state index < -0.39 is 4.92 Å². The highest BCUT2D eigenvalue weighted by Crippen LogP contribution is 2.31. The fourth-order valence-corrected chi connectivity index (χ4v) is 4.50. The fourth-order valence-electron chi connectivity index (χ4n) is 4.50. The monoisotopic (exact) mass is 393 g/mol. The van der Waals surface area contributed by atoms with Crippen molar-refractivity contribution in [3.63, 3.8) is 0 Å². The van der Waals surface area contributed by atoms with Gasteiger partial charge in [0.15, 0.2) is 0 Å². The Kier molecular flexibility index (Phi) is 5.79. The number of anilines is 1. The van der Waals surface area contributed by atoms with Gasteiger partial charge < -0.3 is 9.80 Å². The molecule has 2 aliphatic heterocycles. The van der Waals surface area contributed by atoms with E-state index in [1.165, 1.54) is 17.7 Å². The van der Waals surface area contributed by atoms with Gasteiger partial charge in [0.1, 0.15) is 0 Å². The molecule has 1 amide bonds. The van der Waals surface area contributed by atoms with Crippen molar-refractivity contribution in [3.05, 3.63) is 69.8 Å². The molecular formula is C23H27N3O3. The topological polar surface area (TPSA) is 66.7 Å². The second-order valence-electron chi connectivity index (χ2n) is 8.08. The smallest absolute Gasteiger partial charge is 0.270 e. The lowest BCUT2D eigenvalue weighted by Crippen LogP contribution is -2.39. The van der Waals surface area contributed by atoms with Crippen molar-refractivity contribution in [3.8, 4) is 0 Å². The number of hydrogen-bond donors (Lipinski definition) is 0. The summed E-state index contributed by atoms with van der Waals surface area (Å²) < 4.78 is 0. The molecular weight excluding hydrogens is 366 g/mol. The summed E-state index contributed by atoms with van der Waals surface area (Å²) in [5.41, 5.74) is 2.63. The highest BCUT2D eigenvalue weighted by Gasteiger charge is 2.28. The predicted molar refractivity (Wildman–Crippen MR) is 113 cm³/mol. The van der Waals surface area contributed by atoms with Crippen molar-refractivity contribution in [1.82, 2.24) is 4.90 Å². The van der Waals surface area contributed by atoms with Crippen LogP contribution in [-0.4, -0.2) is 41.9 Å². The second-order valence-corrected chi connectivity index (χ2v) is 8.08. The number of likely N-dealkylation sites (tertiary alicyclic amines) is 1. The van der Waals surface area contributed by atoms with Crippen LogP contribution in [0.3, 0.4) is 0 Å². The molecule has 6 nitrogen and oxygen atoms in total. The zero-order valence-corrected chi connectivity index (χ0v) is 16.6. The molecule has 0 saturated carbocycles. The van der Waals surface area contributed by atoms with Crippen molar-refractivity contribution < 1.29 is 9.72 Å². The quantitative estimate of drug-likeness (QED) is 0.561. The molecule has 2 aromatic carbocycles. The number of carbonyl (C=O) groups excluding carboxylic acids is 1. The van der Waals surface area contributed by atoms with Crippen LogP contribution in [-0.2, 0) is 6.42 Å². The van der Waals surface area contributed by atoms with Gasteiger partial charge >= 0.3 is 0 Å². The number of nitro groups is 1. The van der Waals surface area contributed by atoms with E-state index in [0.717, 1.165) is 50.9 Å². The van der Waals surface area contributed by atoms with Crippen LogP contribution < -0.4 is 4.90 Å². The van der Waals surface area contributed by atoms with E-state index in [1.54, 1.807) is 6.07 Å². The molecule has 2 aromatic rings. The van der Waals surface area contributed by atoms with E-state index in [-0.39, 0.29) is 11.6 Å². The van der Waals surface area contributed by atoms with Gasteiger partial charge in [-0.1, -0.05) is 30.3 Å². The van der Waals surface area contributed by atoms with Crippen LogP contribution in [0.15, 0.2) is 48.5 Å². The Labute approximate surface area is 171 Å². The minimum atomic E-state index is -0.420. The molecule has 0 aromatic heterocycles. The van der Waals surface area contributed by atoms with Crippen molar-refractivity contribution in [1.29, 1.82) is 0 Å². The maximum absolute atomic E-state index is 13.3. The first-order chi connectivity index (χ1) is 14.1. The average molecular weight is 393 g/mol. The Balaban J connectivity index is 1.47. The minimum Gasteiger partial charge on any atom is -0.371 e. The van der Waals surface area contributed by atoms with Crippen LogP contribution in [0.5, 0.6) is 0 Å². The molecule has 0 spiro atoms. The highest BCUT2D eigenvalue weighted by molar-refractivity contribution is 6.00. The van der Waals surface area contributed by atoms with Crippen LogP contribution in [0.1, 0.15) is 41.6 Å². The van der Waals surface area contributed by atoms with Gasteiger partial charge in [-0.05, 0) is 49.7 Å². The number of hydrogen-bond acceptors (Lipinski definition) is 4. The lowest BCUT2D eigenvalue weighted by atomic mass is 9.90. The Bertz CT molecular complexity index is 870. The van der Waals surface area contributed by atoms with E-state index in [1.807, 2.05) is 11.0 Å². The predicted octanol–water partition coefficient (Wildman–Crippen LogP) is 4.29. The molecule has 2 fully saturated rings. The molecule has 0 unspecified atom stereocenters. The molecule has 29 heavy (non-hydrogen) atoms. The number of amides is 1. The molecule has 0 N–H and O–H groups in total. The van der Waals surface area contributed by atoms with Crippen LogP contribution in [0.4, 0.5) is 11.4 Å². The largest absolute Gasteiger partial charge is 0.371 e. The zero-order chi connectivity index (χ0) is 20.2. The maximum atomic E-state index is 13.3. The fraction of sp³-hybridized carbons (Fsp3) is 0.435. The molecule has 2 aliphatic rings. The van der Waals surface area contributed by atoms with E-state index in [4.69, 9.17) is 0 Å². The third kappa shape index (κ3) is 4.42. The summed E-state index contributed by atoms with van der Waals surface area (Å²) >= 11 is 0. The van der Waals surface area contributed by atoms with Crippen LogP contribution >= 0.6 is 0 Å². The Hall–Kier alpha value is -2.89. The number of piperidine rings is 1. The van der Waals surface area contributed by atoms with Crippen molar-refractivity contribution in [2.24, 2.45) is 5.92 Å². The first-order valence-corrected chi connectivity index (χ1v) is 10.5. The van der Waals surface area contributed by atoms with Gasteiger partial charge in [0.05, 0.1) is 16.2 Å². The van der Waals surface area contributed by atoms with Gasteiger partial charge in [-0.2, -0.15) is 0 Å². The normalized spacial score (nSPS) is 17.5. The molecule has 0 radical (unpaired) electrons. The summed E-state index contributed by atoms with van der Waals surface area (Å²) in [6.45, 7) is 3.21. The third-order valence-electron chi connectivity index (χ3n) is 6.14. The van der Waals surface area contributed by atoms with Gasteiger partial charge in [0, 0.05) is 38.3 Å². The van der Waals surface area contributed by atoms with E-state index in [9.17, 15) is 14.9 Å². The summed E-state index contributed by atoms with van der Waals surface area (Å²) in [5.74, 6) is 0.498. The number of benzene rings is 2. The average Bonchev–Trinajstić information content (AvgIpc) is 3.29. The van der Waals surface area contributed by atoms with Gasteiger partial charge in [0.2, 0.25) is 0 Å². The molecule has 0 atom stereocenters. The standard InChI is InChI=1S/C23H27N3O3/c27-23(25-14-10-19(11-15-25)16-18-6-2-1-3-7-18)21-17-20(26(28)29)8-9-22(21)24-12-4-5-13-24/h1-3,6-9,17,19H,4-5,10-16H2. The molecule has 2 heterocycles. The van der Waals surface area contributed by atoms with E-state index in [2.05, 4.69) is 29.2 Å². The number of carbonyl (C=O) groups is 1. The lowest BCUT2D eigenvalue weighted by Gasteiger charge is -2.33. The summed E-state index contributed by atoms with van der Waals surface area (Å²) in [6, 6.07) is 15.2. The molecule has 152 valence electrons. The highest BCUT2D eigenvalue weighted by atomic mass is 16.6. The van der Waals surface area contributed by atoms with Gasteiger partial charge in [-0.3, -0.25) is 14.9 Å². The Morgan fingerprint density at radius 2 is 1.69 bits per heavy atom. The van der Waals surface area contributed by atoms with Crippen LogP contribution in [0.25, 0.3) is 0 Å². The number of nitrogens with zero attached hydrogens (tertiary/aromatic N) is 3. The second kappa shape index (κ2) is 8.64. The maximum Gasteiger partial charge on any atom is 0.270 e. The van der Waals surface area contributed by atoms with Crippen LogP contribution in [0.2, 0.25) is 0 Å². The van der Waals surface area contributed by atoms with Gasteiger partial charge in [-0.25, -0.2) is 0 Å². The molecule has 6 heteroatoms. The summed E-state index contributed by atoms with van der Waals surface area (Å²) in [5, 5.41) is 11.3. The number of nitro benzene ring substituents is 1. The zero-order valence-electron chi connectivity index (χ0n) is 16.6. The SMILES string of the molecule is O=C(c1cc([N+](=O)[O-])ccc1N1CCCC1)N1CCC(Cc2ccccc2)CC1. The number of non-ortho nitro benzene ring substituents is 1. The van der Waals surface area contributed by atoms with E-state index >= 15 is 0 Å². The van der Waals surface area contributed by atoms with E-state index in [0.29, 0.717) is 24.6 Å². The number of rotatable bonds is 5. The molecule has 0 bridgehead atoms. The Morgan fingerprint density at radius 1 is 1.00 bits per heavy atom. The van der Waals surface area contributed by atoms with Crippen molar-refractivity contribution in [2.75, 3.05) is 31.1 Å². The summed E-state index contributed by atoms with van der Waals surface area (Å²) in [4.78, 5) is 28.2. The first kappa shape index (κ1) is 19.4. The van der Waals surface area contributed by atoms with Crippen LogP contribution in [0, 0.1) is 16.0 Å². The molecule has 4 rings (SSSR count). The molecule has 2 saturated heterocycles. The minimum absolute atomic E-state index is 0.0183.